The van der Waals surface area contributed by atoms with E-state index in [-0.39, 0.29) is 11.9 Å². The number of carbonyl (C=O) groups is 1. The highest BCUT2D eigenvalue weighted by Crippen LogP contribution is 2.32. The molecule has 1 atom stereocenters. The lowest BCUT2D eigenvalue weighted by Crippen LogP contribution is -2.48. The molecular formula is C12H13Cl3FNO3. The van der Waals surface area contributed by atoms with E-state index in [1.54, 1.807) is 19.9 Å². The van der Waals surface area contributed by atoms with Crippen LogP contribution in [-0.4, -0.2) is 22.2 Å². The van der Waals surface area contributed by atoms with E-state index in [9.17, 15) is 9.18 Å². The molecule has 4 nitrogen and oxygen atoms in total. The molecule has 0 heterocycles. The lowest BCUT2D eigenvalue weighted by Gasteiger charge is -2.26. The molecule has 0 aliphatic heterocycles. The number of amides is 1. The Bertz CT molecular complexity index is 466. The van der Waals surface area contributed by atoms with E-state index in [0.29, 0.717) is 0 Å². The van der Waals surface area contributed by atoms with E-state index >= 15 is 0 Å². The van der Waals surface area contributed by atoms with Gasteiger partial charge in [0.2, 0.25) is 10.0 Å². The van der Waals surface area contributed by atoms with E-state index in [1.165, 1.54) is 18.2 Å². The predicted molar refractivity (Wildman–Crippen MR) is 75.9 cm³/mol. The maximum atomic E-state index is 13.5. The molecule has 0 bridgehead atoms. The molecule has 112 valence electrons. The molecule has 1 aromatic carbocycles. The van der Waals surface area contributed by atoms with Crippen molar-refractivity contribution in [3.05, 3.63) is 30.1 Å². The number of alkyl halides is 3. The van der Waals surface area contributed by atoms with Gasteiger partial charge in [-0.05, 0) is 26.0 Å². The summed E-state index contributed by atoms with van der Waals surface area (Å²) in [6.07, 6.45) is -2.61. The molecule has 20 heavy (non-hydrogen) atoms. The fraction of sp³-hybridized carbons (Fsp3) is 0.417. The van der Waals surface area contributed by atoms with Gasteiger partial charge in [-0.15, -0.1) is 0 Å². The van der Waals surface area contributed by atoms with Crippen LogP contribution in [0.5, 0.6) is 5.75 Å². The molecule has 0 radical (unpaired) electrons. The molecule has 0 aromatic heterocycles. The first-order valence-corrected chi connectivity index (χ1v) is 6.78. The van der Waals surface area contributed by atoms with Gasteiger partial charge >= 0.3 is 6.09 Å². The molecule has 1 N–H and O–H groups in total. The first-order chi connectivity index (χ1) is 9.20. The van der Waals surface area contributed by atoms with E-state index in [4.69, 9.17) is 44.3 Å². The molecule has 1 amide bonds. The van der Waals surface area contributed by atoms with Crippen LogP contribution in [0.25, 0.3) is 0 Å². The first kappa shape index (κ1) is 17.1. The van der Waals surface area contributed by atoms with Crippen molar-refractivity contribution in [2.45, 2.75) is 30.0 Å². The zero-order chi connectivity index (χ0) is 15.3. The molecular weight excluding hydrogens is 331 g/mol. The Balaban J connectivity index is 2.81. The van der Waals surface area contributed by atoms with Crippen molar-refractivity contribution >= 4 is 40.9 Å². The van der Waals surface area contributed by atoms with Crippen molar-refractivity contribution < 1.29 is 18.7 Å². The van der Waals surface area contributed by atoms with Crippen molar-refractivity contribution in [2.75, 3.05) is 0 Å². The van der Waals surface area contributed by atoms with Crippen LogP contribution in [0, 0.1) is 5.82 Å². The van der Waals surface area contributed by atoms with Gasteiger partial charge in [0.1, 0.15) is 0 Å². The second-order valence-electron chi connectivity index (χ2n) is 4.07. The Morgan fingerprint density at radius 3 is 2.40 bits per heavy atom. The number of benzene rings is 1. The van der Waals surface area contributed by atoms with Crippen LogP contribution in [0.3, 0.4) is 0 Å². The number of hydrogen-bond donors (Lipinski definition) is 1. The number of alkyl carbamates (subject to hydrolysis) is 1. The zero-order valence-electron chi connectivity index (χ0n) is 10.7. The summed E-state index contributed by atoms with van der Waals surface area (Å²) < 4.78 is 21.5. The summed E-state index contributed by atoms with van der Waals surface area (Å²) in [6, 6.07) is 5.54. The van der Waals surface area contributed by atoms with E-state index in [1.807, 2.05) is 0 Å². The summed E-state index contributed by atoms with van der Waals surface area (Å²) in [5, 5.41) is 2.22. The second kappa shape index (κ2) is 7.20. The number of halogens is 4. The third kappa shape index (κ3) is 5.61. The van der Waals surface area contributed by atoms with E-state index < -0.39 is 21.9 Å². The largest absolute Gasteiger partial charge is 0.463 e. The van der Waals surface area contributed by atoms with Crippen LogP contribution < -0.4 is 10.1 Å². The van der Waals surface area contributed by atoms with Gasteiger partial charge in [0.15, 0.2) is 11.6 Å². The van der Waals surface area contributed by atoms with Gasteiger partial charge in [0, 0.05) is 0 Å². The van der Waals surface area contributed by atoms with Gasteiger partial charge in [-0.25, -0.2) is 9.18 Å². The molecule has 0 saturated carbocycles. The molecule has 0 aliphatic rings. The third-order valence-electron chi connectivity index (χ3n) is 1.97. The molecule has 0 saturated heterocycles. The third-order valence-corrected chi connectivity index (χ3v) is 2.57. The van der Waals surface area contributed by atoms with E-state index in [0.717, 1.165) is 0 Å². The zero-order valence-corrected chi connectivity index (χ0v) is 13.0. The molecule has 0 spiro atoms. The van der Waals surface area contributed by atoms with Crippen molar-refractivity contribution in [1.82, 2.24) is 5.32 Å². The van der Waals surface area contributed by atoms with Gasteiger partial charge in [0.25, 0.3) is 0 Å². The maximum Gasteiger partial charge on any atom is 0.410 e. The molecule has 1 aromatic rings. The second-order valence-corrected chi connectivity index (χ2v) is 6.44. The standard InChI is InChI=1S/C12H13Cl3FNO3/c1-7(2)19-11(18)17-10(12(13,14)15)20-9-6-4-3-5-8(9)16/h3-7,10H,1-2H3,(H,17,18)/t10-/m1/s1. The highest BCUT2D eigenvalue weighted by Gasteiger charge is 2.37. The minimum atomic E-state index is -2.00. The summed E-state index contributed by atoms with van der Waals surface area (Å²) in [5.74, 6) is -0.806. The minimum Gasteiger partial charge on any atom is -0.463 e. The SMILES string of the molecule is CC(C)OC(=O)N[C@H](Oc1ccccc1F)C(Cl)(Cl)Cl. The normalized spacial score (nSPS) is 12.9. The highest BCUT2D eigenvalue weighted by molar-refractivity contribution is 6.68. The van der Waals surface area contributed by atoms with Crippen LogP contribution in [0.4, 0.5) is 9.18 Å². The number of para-hydroxylation sites is 1. The van der Waals surface area contributed by atoms with Gasteiger partial charge < -0.3 is 9.47 Å². The van der Waals surface area contributed by atoms with Gasteiger partial charge in [-0.3, -0.25) is 5.32 Å². The van der Waals surface area contributed by atoms with Crippen molar-refractivity contribution in [3.63, 3.8) is 0 Å². The smallest absolute Gasteiger partial charge is 0.410 e. The summed E-state index contributed by atoms with van der Waals surface area (Å²) in [4.78, 5) is 11.5. The Labute approximate surface area is 131 Å². The van der Waals surface area contributed by atoms with Gasteiger partial charge in [-0.1, -0.05) is 46.9 Å². The van der Waals surface area contributed by atoms with Crippen LogP contribution in [-0.2, 0) is 4.74 Å². The fourth-order valence-corrected chi connectivity index (χ4v) is 1.50. The Hall–Kier alpha value is -0.910. The van der Waals surface area contributed by atoms with Gasteiger partial charge in [-0.2, -0.15) is 0 Å². The Kier molecular flexibility index (Phi) is 6.17. The van der Waals surface area contributed by atoms with Crippen LogP contribution in [0.15, 0.2) is 24.3 Å². The Morgan fingerprint density at radius 1 is 1.30 bits per heavy atom. The van der Waals surface area contributed by atoms with Crippen LogP contribution in [0.1, 0.15) is 13.8 Å². The molecule has 0 aliphatic carbocycles. The average molecular weight is 345 g/mol. The van der Waals surface area contributed by atoms with Gasteiger partial charge in [0.05, 0.1) is 6.10 Å². The number of nitrogens with one attached hydrogen (secondary N) is 1. The predicted octanol–water partition coefficient (Wildman–Crippen LogP) is 4.04. The lowest BCUT2D eigenvalue weighted by atomic mass is 10.3. The monoisotopic (exact) mass is 343 g/mol. The van der Waals surface area contributed by atoms with Crippen molar-refractivity contribution in [3.8, 4) is 5.75 Å². The molecule has 1 rings (SSSR count). The first-order valence-electron chi connectivity index (χ1n) is 5.65. The summed E-state index contributed by atoms with van der Waals surface area (Å²) >= 11 is 17.1. The molecule has 8 heteroatoms. The summed E-state index contributed by atoms with van der Waals surface area (Å²) in [7, 11) is 0. The maximum absolute atomic E-state index is 13.5. The number of carbonyl (C=O) groups excluding carboxylic acids is 1. The van der Waals surface area contributed by atoms with Crippen molar-refractivity contribution in [2.24, 2.45) is 0 Å². The summed E-state index contributed by atoms with van der Waals surface area (Å²) in [5.41, 5.74) is 0. The Morgan fingerprint density at radius 2 is 1.90 bits per heavy atom. The summed E-state index contributed by atoms with van der Waals surface area (Å²) in [6.45, 7) is 3.31. The lowest BCUT2D eigenvalue weighted by molar-refractivity contribution is 0.0885. The fourth-order valence-electron chi connectivity index (χ4n) is 1.20. The van der Waals surface area contributed by atoms with E-state index in [2.05, 4.69) is 5.32 Å². The number of rotatable bonds is 4. The van der Waals surface area contributed by atoms with Crippen LogP contribution in [0.2, 0.25) is 0 Å². The minimum absolute atomic E-state index is 0.159. The van der Waals surface area contributed by atoms with Crippen LogP contribution >= 0.6 is 34.8 Å². The number of ether oxygens (including phenoxy) is 2. The molecule has 0 fully saturated rings. The topological polar surface area (TPSA) is 47.6 Å². The average Bonchev–Trinajstić information content (AvgIpc) is 2.28. The van der Waals surface area contributed by atoms with Crippen molar-refractivity contribution in [1.29, 1.82) is 0 Å². The number of hydrogen-bond acceptors (Lipinski definition) is 3. The highest BCUT2D eigenvalue weighted by atomic mass is 35.6. The quantitative estimate of drug-likeness (QED) is 0.662. The molecule has 0 unspecified atom stereocenters.